The molecule has 0 aliphatic heterocycles. The van der Waals surface area contributed by atoms with Crippen molar-refractivity contribution in [2.45, 2.75) is 25.5 Å². The van der Waals surface area contributed by atoms with Crippen LogP contribution in [0.1, 0.15) is 39.5 Å². The third-order valence-corrected chi connectivity index (χ3v) is 3.84. The molecule has 2 aromatic carbocycles. The molecule has 21 heavy (non-hydrogen) atoms. The van der Waals surface area contributed by atoms with Gasteiger partial charge in [-0.25, -0.2) is 4.79 Å². The molecule has 4 nitrogen and oxygen atoms in total. The number of rotatable bonds is 4. The molecular formula is C17H17NO3. The third kappa shape index (κ3) is 2.90. The second-order valence-electron chi connectivity index (χ2n) is 5.30. The van der Waals surface area contributed by atoms with E-state index in [1.807, 2.05) is 18.2 Å². The highest BCUT2D eigenvalue weighted by Crippen LogP contribution is 2.32. The Morgan fingerprint density at radius 2 is 2.00 bits per heavy atom. The van der Waals surface area contributed by atoms with Crippen LogP contribution in [-0.4, -0.2) is 11.1 Å². The smallest absolute Gasteiger partial charge is 0.335 e. The van der Waals surface area contributed by atoms with Crippen LogP contribution in [0.15, 0.2) is 42.5 Å². The highest BCUT2D eigenvalue weighted by Gasteiger charge is 2.19. The minimum Gasteiger partial charge on any atom is -0.489 e. The molecule has 0 fully saturated rings. The first-order valence-electron chi connectivity index (χ1n) is 6.97. The second kappa shape index (κ2) is 5.58. The fourth-order valence-electron chi connectivity index (χ4n) is 2.63. The van der Waals surface area contributed by atoms with E-state index < -0.39 is 5.97 Å². The topological polar surface area (TPSA) is 72.5 Å². The number of benzene rings is 2. The summed E-state index contributed by atoms with van der Waals surface area (Å²) in [5, 5.41) is 8.85. The van der Waals surface area contributed by atoms with Gasteiger partial charge in [-0.3, -0.25) is 0 Å². The van der Waals surface area contributed by atoms with Crippen molar-refractivity contribution in [2.75, 3.05) is 0 Å². The van der Waals surface area contributed by atoms with E-state index in [9.17, 15) is 4.79 Å². The molecule has 0 saturated carbocycles. The summed E-state index contributed by atoms with van der Waals surface area (Å²) in [5.41, 5.74) is 9.72. The molecule has 3 N–H and O–H groups in total. The number of ether oxygens (including phenoxy) is 1. The summed E-state index contributed by atoms with van der Waals surface area (Å²) >= 11 is 0. The van der Waals surface area contributed by atoms with Gasteiger partial charge in [-0.05, 0) is 53.8 Å². The lowest BCUT2D eigenvalue weighted by atomic mass is 10.1. The van der Waals surface area contributed by atoms with Crippen LogP contribution >= 0.6 is 0 Å². The van der Waals surface area contributed by atoms with E-state index in [1.165, 1.54) is 11.1 Å². The summed E-state index contributed by atoms with van der Waals surface area (Å²) in [6.45, 7) is 0.421. The summed E-state index contributed by atoms with van der Waals surface area (Å²) in [6, 6.07) is 12.9. The van der Waals surface area contributed by atoms with Crippen LogP contribution in [0, 0.1) is 0 Å². The Hall–Kier alpha value is -2.33. The number of aryl methyl sites for hydroxylation is 1. The molecule has 0 amide bonds. The predicted octanol–water partition coefficient (Wildman–Crippen LogP) is 2.91. The standard InChI is InChI=1S/C17H17NO3/c18-16-8-5-13-9-14(6-7-15(13)16)21-10-11-1-3-12(4-2-11)17(19)20/h1-4,6-7,9,16H,5,8,10,18H2,(H,19,20)/t16-/m0/s1. The number of hydrogen-bond acceptors (Lipinski definition) is 3. The Kier molecular flexibility index (Phi) is 3.62. The molecule has 1 aliphatic rings. The maximum absolute atomic E-state index is 10.8. The molecule has 108 valence electrons. The normalized spacial score (nSPS) is 16.5. The van der Waals surface area contributed by atoms with Crippen molar-refractivity contribution in [1.82, 2.24) is 0 Å². The zero-order chi connectivity index (χ0) is 14.8. The Bertz CT molecular complexity index is 664. The van der Waals surface area contributed by atoms with E-state index in [2.05, 4.69) is 0 Å². The average molecular weight is 283 g/mol. The van der Waals surface area contributed by atoms with E-state index in [0.29, 0.717) is 6.61 Å². The molecule has 0 spiro atoms. The lowest BCUT2D eigenvalue weighted by Gasteiger charge is -2.09. The SMILES string of the molecule is N[C@H]1CCc2cc(OCc3ccc(C(=O)O)cc3)ccc21. The fraction of sp³-hybridized carbons (Fsp3) is 0.235. The van der Waals surface area contributed by atoms with Gasteiger partial charge in [-0.15, -0.1) is 0 Å². The van der Waals surface area contributed by atoms with Crippen LogP contribution in [0.4, 0.5) is 0 Å². The van der Waals surface area contributed by atoms with Crippen molar-refractivity contribution in [3.8, 4) is 5.75 Å². The number of carbonyl (C=O) groups is 1. The Morgan fingerprint density at radius 3 is 2.71 bits per heavy atom. The molecule has 0 radical (unpaired) electrons. The summed E-state index contributed by atoms with van der Waals surface area (Å²) < 4.78 is 5.76. The Balaban J connectivity index is 1.66. The van der Waals surface area contributed by atoms with Crippen molar-refractivity contribution < 1.29 is 14.6 Å². The van der Waals surface area contributed by atoms with Crippen LogP contribution in [0.2, 0.25) is 0 Å². The van der Waals surface area contributed by atoms with Crippen molar-refractivity contribution >= 4 is 5.97 Å². The molecule has 0 saturated heterocycles. The van der Waals surface area contributed by atoms with Gasteiger partial charge < -0.3 is 15.6 Å². The van der Waals surface area contributed by atoms with Gasteiger partial charge in [0.15, 0.2) is 0 Å². The molecule has 2 aromatic rings. The highest BCUT2D eigenvalue weighted by molar-refractivity contribution is 5.87. The Morgan fingerprint density at radius 1 is 1.24 bits per heavy atom. The van der Waals surface area contributed by atoms with Gasteiger partial charge in [0.1, 0.15) is 12.4 Å². The predicted molar refractivity (Wildman–Crippen MR) is 79.4 cm³/mol. The molecule has 3 rings (SSSR count). The number of carboxylic acid groups (broad SMARTS) is 1. The first-order chi connectivity index (χ1) is 10.1. The maximum Gasteiger partial charge on any atom is 0.335 e. The molecular weight excluding hydrogens is 266 g/mol. The largest absolute Gasteiger partial charge is 0.489 e. The molecule has 1 atom stereocenters. The number of nitrogens with two attached hydrogens (primary N) is 1. The van der Waals surface area contributed by atoms with Gasteiger partial charge in [0.05, 0.1) is 5.56 Å². The second-order valence-corrected chi connectivity index (χ2v) is 5.30. The van der Waals surface area contributed by atoms with Crippen molar-refractivity contribution in [3.63, 3.8) is 0 Å². The van der Waals surface area contributed by atoms with E-state index >= 15 is 0 Å². The summed E-state index contributed by atoms with van der Waals surface area (Å²) in [7, 11) is 0. The zero-order valence-corrected chi connectivity index (χ0v) is 11.6. The molecule has 4 heteroatoms. The summed E-state index contributed by atoms with van der Waals surface area (Å²) in [6.07, 6.45) is 2.00. The zero-order valence-electron chi connectivity index (χ0n) is 11.6. The summed E-state index contributed by atoms with van der Waals surface area (Å²) in [5.74, 6) is -0.0948. The average Bonchev–Trinajstić information content (AvgIpc) is 2.86. The van der Waals surface area contributed by atoms with Crippen LogP contribution in [-0.2, 0) is 13.0 Å². The van der Waals surface area contributed by atoms with Crippen molar-refractivity contribution in [2.24, 2.45) is 5.73 Å². The molecule has 0 heterocycles. The van der Waals surface area contributed by atoms with Crippen molar-refractivity contribution in [1.29, 1.82) is 0 Å². The van der Waals surface area contributed by atoms with E-state index in [-0.39, 0.29) is 11.6 Å². The van der Waals surface area contributed by atoms with Crippen LogP contribution in [0.25, 0.3) is 0 Å². The van der Waals surface area contributed by atoms with E-state index in [4.69, 9.17) is 15.6 Å². The number of aromatic carboxylic acids is 1. The quantitative estimate of drug-likeness (QED) is 0.905. The number of fused-ring (bicyclic) bond motifs is 1. The van der Waals surface area contributed by atoms with Crippen LogP contribution in [0.5, 0.6) is 5.75 Å². The first kappa shape index (κ1) is 13.6. The molecule has 1 aliphatic carbocycles. The van der Waals surface area contributed by atoms with E-state index in [0.717, 1.165) is 24.2 Å². The maximum atomic E-state index is 10.8. The lowest BCUT2D eigenvalue weighted by molar-refractivity contribution is 0.0697. The van der Waals surface area contributed by atoms with E-state index in [1.54, 1.807) is 24.3 Å². The Labute approximate surface area is 123 Å². The van der Waals surface area contributed by atoms with Gasteiger partial charge >= 0.3 is 5.97 Å². The van der Waals surface area contributed by atoms with Crippen LogP contribution < -0.4 is 10.5 Å². The molecule has 0 unspecified atom stereocenters. The van der Waals surface area contributed by atoms with Gasteiger partial charge in [0.2, 0.25) is 0 Å². The first-order valence-corrected chi connectivity index (χ1v) is 6.97. The van der Waals surface area contributed by atoms with Gasteiger partial charge in [0.25, 0.3) is 0 Å². The lowest BCUT2D eigenvalue weighted by Crippen LogP contribution is -2.05. The minimum atomic E-state index is -0.919. The number of carboxylic acids is 1. The monoisotopic (exact) mass is 283 g/mol. The van der Waals surface area contributed by atoms with Gasteiger partial charge in [-0.2, -0.15) is 0 Å². The van der Waals surface area contributed by atoms with Gasteiger partial charge in [-0.1, -0.05) is 18.2 Å². The van der Waals surface area contributed by atoms with Crippen molar-refractivity contribution in [3.05, 3.63) is 64.7 Å². The molecule has 0 aromatic heterocycles. The van der Waals surface area contributed by atoms with Gasteiger partial charge in [0, 0.05) is 6.04 Å². The molecule has 0 bridgehead atoms. The fourth-order valence-corrected chi connectivity index (χ4v) is 2.63. The highest BCUT2D eigenvalue weighted by atomic mass is 16.5. The third-order valence-electron chi connectivity index (χ3n) is 3.84. The van der Waals surface area contributed by atoms with Crippen LogP contribution in [0.3, 0.4) is 0 Å². The minimum absolute atomic E-state index is 0.151. The number of hydrogen-bond donors (Lipinski definition) is 2. The summed E-state index contributed by atoms with van der Waals surface area (Å²) in [4.78, 5) is 10.8.